The van der Waals surface area contributed by atoms with Gasteiger partial charge in [-0.3, -0.25) is 10.0 Å². The standard InChI is InChI=1S/C14H14ClF2NO6/c1-13(2,12(20)21)11(19)18(22)5-7-3-9-10(4-8(7)15)24-14(16,17)6-23-9/h3-4,22H,5-6H2,1-2H3,(H,20,21)/p-1. The lowest BCUT2D eigenvalue weighted by Gasteiger charge is -2.29. The smallest absolute Gasteiger partial charge is 0.433 e. The molecule has 2 rings (SSSR count). The Labute approximate surface area is 140 Å². The number of benzene rings is 1. The number of ether oxygens (including phenoxy) is 2. The summed E-state index contributed by atoms with van der Waals surface area (Å²) in [7, 11) is 0. The molecule has 1 heterocycles. The van der Waals surface area contributed by atoms with Crippen molar-refractivity contribution in [1.29, 1.82) is 0 Å². The van der Waals surface area contributed by atoms with Gasteiger partial charge in [0.15, 0.2) is 18.1 Å². The SMILES string of the molecule is CC(C)(C(=O)[O-])C(=O)N(O)Cc1cc2c(cc1Cl)OC(F)(F)CO2. The fourth-order valence-corrected chi connectivity index (χ4v) is 2.10. The van der Waals surface area contributed by atoms with Crippen LogP contribution in [0.4, 0.5) is 8.78 Å². The number of carbonyl (C=O) groups excluding carboxylic acids is 2. The van der Waals surface area contributed by atoms with Crippen molar-refractivity contribution < 1.29 is 38.2 Å². The zero-order chi connectivity index (χ0) is 18.3. The summed E-state index contributed by atoms with van der Waals surface area (Å²) in [5.74, 6) is -3.12. The molecular weight excluding hydrogens is 352 g/mol. The number of fused-ring (bicyclic) bond motifs is 1. The Balaban J connectivity index is 2.22. The molecule has 1 aromatic carbocycles. The van der Waals surface area contributed by atoms with E-state index >= 15 is 0 Å². The molecule has 1 amide bonds. The van der Waals surface area contributed by atoms with E-state index in [2.05, 4.69) is 4.74 Å². The lowest BCUT2D eigenvalue weighted by Crippen LogP contribution is -2.49. The van der Waals surface area contributed by atoms with Crippen LogP contribution >= 0.6 is 11.6 Å². The highest BCUT2D eigenvalue weighted by molar-refractivity contribution is 6.31. The number of amides is 1. The van der Waals surface area contributed by atoms with Crippen LogP contribution in [0.5, 0.6) is 11.5 Å². The highest BCUT2D eigenvalue weighted by Gasteiger charge is 2.39. The monoisotopic (exact) mass is 364 g/mol. The Bertz CT molecular complexity index is 694. The molecule has 0 unspecified atom stereocenters. The number of carboxylic acids is 1. The Morgan fingerprint density at radius 3 is 2.62 bits per heavy atom. The van der Waals surface area contributed by atoms with Crippen LogP contribution in [0.15, 0.2) is 12.1 Å². The summed E-state index contributed by atoms with van der Waals surface area (Å²) >= 11 is 5.92. The van der Waals surface area contributed by atoms with Gasteiger partial charge in [-0.05, 0) is 25.5 Å². The average Bonchev–Trinajstić information content (AvgIpc) is 2.46. The molecule has 0 radical (unpaired) electrons. The van der Waals surface area contributed by atoms with Crippen molar-refractivity contribution in [3.8, 4) is 11.5 Å². The maximum atomic E-state index is 13.1. The number of nitrogens with zero attached hydrogens (tertiary/aromatic N) is 1. The highest BCUT2D eigenvalue weighted by Crippen LogP contribution is 2.40. The third-order valence-corrected chi connectivity index (χ3v) is 3.72. The molecule has 0 saturated carbocycles. The van der Waals surface area contributed by atoms with Crippen molar-refractivity contribution in [3.05, 3.63) is 22.7 Å². The summed E-state index contributed by atoms with van der Waals surface area (Å²) in [5, 5.41) is 20.8. The van der Waals surface area contributed by atoms with Crippen LogP contribution in [0, 0.1) is 5.41 Å². The molecule has 0 aliphatic carbocycles. The molecule has 0 spiro atoms. The molecule has 0 atom stereocenters. The van der Waals surface area contributed by atoms with Gasteiger partial charge in [-0.2, -0.15) is 8.78 Å². The molecular formula is C14H13ClF2NO6-. The van der Waals surface area contributed by atoms with Crippen LogP contribution in [-0.2, 0) is 16.1 Å². The van der Waals surface area contributed by atoms with E-state index in [1.165, 1.54) is 6.07 Å². The number of alkyl halides is 2. The van der Waals surface area contributed by atoms with Gasteiger partial charge in [-0.15, -0.1) is 0 Å². The van der Waals surface area contributed by atoms with E-state index in [1.807, 2.05) is 0 Å². The maximum Gasteiger partial charge on any atom is 0.433 e. The van der Waals surface area contributed by atoms with Gasteiger partial charge in [0.1, 0.15) is 0 Å². The van der Waals surface area contributed by atoms with E-state index in [1.54, 1.807) is 0 Å². The Morgan fingerprint density at radius 1 is 1.42 bits per heavy atom. The van der Waals surface area contributed by atoms with Crippen molar-refractivity contribution in [2.45, 2.75) is 26.5 Å². The predicted molar refractivity (Wildman–Crippen MR) is 73.6 cm³/mol. The Kier molecular flexibility index (Phi) is 4.60. The predicted octanol–water partition coefficient (Wildman–Crippen LogP) is 1.20. The summed E-state index contributed by atoms with van der Waals surface area (Å²) in [6.07, 6.45) is -3.49. The summed E-state index contributed by atoms with van der Waals surface area (Å²) in [4.78, 5) is 22.9. The first-order chi connectivity index (χ1) is 10.9. The second kappa shape index (κ2) is 6.06. The molecule has 132 valence electrons. The van der Waals surface area contributed by atoms with Crippen molar-refractivity contribution in [3.63, 3.8) is 0 Å². The largest absolute Gasteiger partial charge is 0.549 e. The van der Waals surface area contributed by atoms with E-state index in [9.17, 15) is 28.7 Å². The summed E-state index contributed by atoms with van der Waals surface area (Å²) in [6, 6.07) is 2.27. The fourth-order valence-electron chi connectivity index (χ4n) is 1.89. The number of hydroxylamine groups is 2. The second-order valence-electron chi connectivity index (χ2n) is 5.69. The lowest BCUT2D eigenvalue weighted by molar-refractivity contribution is -0.317. The van der Waals surface area contributed by atoms with Crippen LogP contribution in [0.2, 0.25) is 5.02 Å². The number of carboxylic acid groups (broad SMARTS) is 1. The first-order valence-electron chi connectivity index (χ1n) is 6.68. The van der Waals surface area contributed by atoms with Crippen molar-refractivity contribution in [1.82, 2.24) is 5.06 Å². The summed E-state index contributed by atoms with van der Waals surface area (Å²) in [6.45, 7) is 0.657. The molecule has 10 heteroatoms. The highest BCUT2D eigenvalue weighted by atomic mass is 35.5. The van der Waals surface area contributed by atoms with Gasteiger partial charge in [0.05, 0.1) is 17.9 Å². The van der Waals surface area contributed by atoms with Crippen molar-refractivity contribution in [2.75, 3.05) is 6.61 Å². The maximum absolute atomic E-state index is 13.1. The molecule has 0 bridgehead atoms. The third-order valence-electron chi connectivity index (χ3n) is 3.37. The minimum Gasteiger partial charge on any atom is -0.549 e. The van der Waals surface area contributed by atoms with Gasteiger partial charge in [-0.25, -0.2) is 5.06 Å². The molecule has 0 saturated heterocycles. The summed E-state index contributed by atoms with van der Waals surface area (Å²) in [5.41, 5.74) is -1.81. The van der Waals surface area contributed by atoms with Gasteiger partial charge < -0.3 is 19.4 Å². The minimum absolute atomic E-state index is 0.0414. The van der Waals surface area contributed by atoms with Gasteiger partial charge in [-0.1, -0.05) is 11.6 Å². The minimum atomic E-state index is -3.49. The van der Waals surface area contributed by atoms with Crippen molar-refractivity contribution in [2.24, 2.45) is 5.41 Å². The molecule has 24 heavy (non-hydrogen) atoms. The fraction of sp³-hybridized carbons (Fsp3) is 0.429. The van der Waals surface area contributed by atoms with E-state index in [4.69, 9.17) is 16.3 Å². The quantitative estimate of drug-likeness (QED) is 0.489. The van der Waals surface area contributed by atoms with E-state index in [0.29, 0.717) is 0 Å². The van der Waals surface area contributed by atoms with E-state index < -0.39 is 36.6 Å². The molecule has 0 aromatic heterocycles. The lowest BCUT2D eigenvalue weighted by atomic mass is 9.92. The molecule has 1 aliphatic rings. The third kappa shape index (κ3) is 3.51. The van der Waals surface area contributed by atoms with Gasteiger partial charge in [0.25, 0.3) is 5.91 Å². The van der Waals surface area contributed by atoms with E-state index in [0.717, 1.165) is 19.9 Å². The van der Waals surface area contributed by atoms with E-state index in [-0.39, 0.29) is 27.1 Å². The molecule has 7 nitrogen and oxygen atoms in total. The Morgan fingerprint density at radius 2 is 2.04 bits per heavy atom. The number of rotatable bonds is 4. The van der Waals surface area contributed by atoms with Gasteiger partial charge in [0.2, 0.25) is 0 Å². The van der Waals surface area contributed by atoms with Crippen LogP contribution in [0.25, 0.3) is 0 Å². The summed E-state index contributed by atoms with van der Waals surface area (Å²) < 4.78 is 35.5. The number of aliphatic carboxylic acids is 1. The van der Waals surface area contributed by atoms with Gasteiger partial charge in [0, 0.05) is 11.1 Å². The van der Waals surface area contributed by atoms with Crippen LogP contribution < -0.4 is 14.6 Å². The first kappa shape index (κ1) is 18.2. The topological polar surface area (TPSA) is 99.1 Å². The Hall–Kier alpha value is -2.13. The average molecular weight is 365 g/mol. The number of carbonyl (C=O) groups is 2. The zero-order valence-corrected chi connectivity index (χ0v) is 13.4. The molecule has 1 aromatic rings. The second-order valence-corrected chi connectivity index (χ2v) is 6.10. The molecule has 1 N–H and O–H groups in total. The zero-order valence-electron chi connectivity index (χ0n) is 12.6. The van der Waals surface area contributed by atoms with Crippen LogP contribution in [0.3, 0.4) is 0 Å². The normalized spacial score (nSPS) is 15.8. The van der Waals surface area contributed by atoms with Crippen LogP contribution in [-0.4, -0.2) is 34.9 Å². The molecule has 0 fully saturated rings. The number of hydrogen-bond acceptors (Lipinski definition) is 6. The van der Waals surface area contributed by atoms with Crippen molar-refractivity contribution >= 4 is 23.5 Å². The molecule has 1 aliphatic heterocycles. The van der Waals surface area contributed by atoms with Gasteiger partial charge >= 0.3 is 6.11 Å². The number of halogens is 3. The first-order valence-corrected chi connectivity index (χ1v) is 7.06. The van der Waals surface area contributed by atoms with Crippen LogP contribution in [0.1, 0.15) is 19.4 Å². The number of hydrogen-bond donors (Lipinski definition) is 1.